The van der Waals surface area contributed by atoms with Gasteiger partial charge in [0.1, 0.15) is 12.4 Å². The Labute approximate surface area is 169 Å². The third-order valence-corrected chi connectivity index (χ3v) is 4.69. The number of carboxylic acid groups (broad SMARTS) is 1. The van der Waals surface area contributed by atoms with Gasteiger partial charge in [-0.2, -0.15) is 0 Å². The molecule has 7 heteroatoms. The monoisotopic (exact) mass is 483 g/mol. The van der Waals surface area contributed by atoms with E-state index in [1.54, 1.807) is 12.1 Å². The number of amides is 1. The number of carbonyl (C=O) groups is 2. The largest absolute Gasteiger partial charge is 0.487 e. The van der Waals surface area contributed by atoms with E-state index < -0.39 is 5.97 Å². The Morgan fingerprint density at radius 1 is 1.12 bits per heavy atom. The molecule has 0 aromatic heterocycles. The lowest BCUT2D eigenvalue weighted by atomic mass is 10.1. The molecule has 2 rings (SSSR count). The third-order valence-electron chi connectivity index (χ3n) is 3.52. The molecule has 0 radical (unpaired) electrons. The van der Waals surface area contributed by atoms with Crippen LogP contribution < -0.4 is 10.1 Å². The molecular weight excluding hydrogens is 466 g/mol. The molecule has 2 N–H and O–H groups in total. The van der Waals surface area contributed by atoms with E-state index in [1.165, 1.54) is 0 Å². The lowest BCUT2D eigenvalue weighted by Crippen LogP contribution is -2.17. The molecule has 0 saturated carbocycles. The van der Waals surface area contributed by atoms with Gasteiger partial charge in [0.25, 0.3) is 0 Å². The van der Waals surface area contributed by atoms with Crippen molar-refractivity contribution in [1.29, 1.82) is 0 Å². The molecule has 0 fully saturated rings. The number of carboxylic acids is 1. The molecule has 0 aliphatic heterocycles. The fourth-order valence-corrected chi connectivity index (χ4v) is 3.72. The van der Waals surface area contributed by atoms with Gasteiger partial charge in [0.15, 0.2) is 0 Å². The molecular formula is C19H19Br2NO4. The van der Waals surface area contributed by atoms with Crippen molar-refractivity contribution in [3.05, 3.63) is 56.5 Å². The lowest BCUT2D eigenvalue weighted by Gasteiger charge is -2.13. The highest BCUT2D eigenvalue weighted by atomic mass is 79.9. The van der Waals surface area contributed by atoms with Crippen molar-refractivity contribution < 1.29 is 19.4 Å². The number of nitrogens with one attached hydrogen (secondary N) is 1. The first-order valence-electron chi connectivity index (χ1n) is 7.98. The summed E-state index contributed by atoms with van der Waals surface area (Å²) in [5.41, 5.74) is 2.29. The van der Waals surface area contributed by atoms with Gasteiger partial charge in [-0.3, -0.25) is 9.59 Å². The molecule has 0 bridgehead atoms. The van der Waals surface area contributed by atoms with Crippen LogP contribution in [0.1, 0.15) is 25.0 Å². The first kappa shape index (κ1) is 20.5. The van der Waals surface area contributed by atoms with Gasteiger partial charge in [-0.25, -0.2) is 0 Å². The van der Waals surface area contributed by atoms with Crippen LogP contribution in [0.5, 0.6) is 5.75 Å². The number of halogens is 2. The first-order chi connectivity index (χ1) is 12.3. The van der Waals surface area contributed by atoms with Crippen LogP contribution in [0, 0.1) is 5.92 Å². The van der Waals surface area contributed by atoms with E-state index in [1.807, 2.05) is 38.1 Å². The van der Waals surface area contributed by atoms with Crippen molar-refractivity contribution in [2.24, 2.45) is 5.92 Å². The Kier molecular flexibility index (Phi) is 7.23. The summed E-state index contributed by atoms with van der Waals surface area (Å²) in [6.45, 7) is 3.98. The second-order valence-electron chi connectivity index (χ2n) is 6.09. The fraction of sp³-hybridized carbons (Fsp3) is 0.263. The number of aliphatic carboxylic acids is 1. The van der Waals surface area contributed by atoms with Crippen molar-refractivity contribution in [3.8, 4) is 5.75 Å². The van der Waals surface area contributed by atoms with Gasteiger partial charge in [0.05, 0.1) is 15.4 Å². The summed E-state index contributed by atoms with van der Waals surface area (Å²) in [6, 6.07) is 10.9. The van der Waals surface area contributed by atoms with E-state index in [0.29, 0.717) is 26.9 Å². The highest BCUT2D eigenvalue weighted by Gasteiger charge is 2.12. The Bertz CT molecular complexity index is 798. The van der Waals surface area contributed by atoms with Crippen LogP contribution in [0.3, 0.4) is 0 Å². The highest BCUT2D eigenvalue weighted by Crippen LogP contribution is 2.35. The molecule has 1 amide bonds. The highest BCUT2D eigenvalue weighted by molar-refractivity contribution is 9.11. The maximum atomic E-state index is 11.8. The standard InChI is InChI=1S/C19H19Br2NO4/c1-11(2)19(25)22-14-5-3-4-12(6-14)10-26-18-15(20)7-13(8-16(18)21)9-17(23)24/h3-8,11H,9-10H2,1-2H3,(H,22,25)(H,23,24). The van der Waals surface area contributed by atoms with Gasteiger partial charge in [0, 0.05) is 11.6 Å². The van der Waals surface area contributed by atoms with Crippen LogP contribution >= 0.6 is 31.9 Å². The Morgan fingerprint density at radius 2 is 1.77 bits per heavy atom. The fourth-order valence-electron chi connectivity index (χ4n) is 2.21. The molecule has 0 saturated heterocycles. The number of hydrogen-bond donors (Lipinski definition) is 2. The summed E-state index contributed by atoms with van der Waals surface area (Å²) < 4.78 is 7.21. The second-order valence-corrected chi connectivity index (χ2v) is 7.80. The van der Waals surface area contributed by atoms with E-state index in [4.69, 9.17) is 9.84 Å². The molecule has 0 atom stereocenters. The van der Waals surface area contributed by atoms with Crippen LogP contribution in [-0.4, -0.2) is 17.0 Å². The van der Waals surface area contributed by atoms with Crippen molar-refractivity contribution in [2.45, 2.75) is 26.9 Å². The summed E-state index contributed by atoms with van der Waals surface area (Å²) in [4.78, 5) is 22.6. The van der Waals surface area contributed by atoms with Gasteiger partial charge in [-0.1, -0.05) is 26.0 Å². The predicted molar refractivity (Wildman–Crippen MR) is 107 cm³/mol. The Morgan fingerprint density at radius 3 is 2.35 bits per heavy atom. The topological polar surface area (TPSA) is 75.6 Å². The summed E-state index contributed by atoms with van der Waals surface area (Å²) >= 11 is 6.84. The zero-order valence-corrected chi connectivity index (χ0v) is 17.6. The summed E-state index contributed by atoms with van der Waals surface area (Å²) in [5, 5.41) is 11.8. The van der Waals surface area contributed by atoms with Gasteiger partial charge in [-0.15, -0.1) is 0 Å². The number of anilines is 1. The van der Waals surface area contributed by atoms with Crippen molar-refractivity contribution >= 4 is 49.4 Å². The third kappa shape index (κ3) is 5.85. The van der Waals surface area contributed by atoms with E-state index in [2.05, 4.69) is 37.2 Å². The molecule has 0 spiro atoms. The molecule has 26 heavy (non-hydrogen) atoms. The minimum absolute atomic E-state index is 0.0393. The Hall–Kier alpha value is -1.86. The SMILES string of the molecule is CC(C)C(=O)Nc1cccc(COc2c(Br)cc(CC(=O)O)cc2Br)c1. The van der Waals surface area contributed by atoms with Crippen LogP contribution in [0.15, 0.2) is 45.3 Å². The zero-order chi connectivity index (χ0) is 19.3. The number of rotatable bonds is 7. The van der Waals surface area contributed by atoms with E-state index in [-0.39, 0.29) is 18.2 Å². The van der Waals surface area contributed by atoms with E-state index >= 15 is 0 Å². The van der Waals surface area contributed by atoms with Crippen LogP contribution in [0.4, 0.5) is 5.69 Å². The van der Waals surface area contributed by atoms with E-state index in [0.717, 1.165) is 11.3 Å². The smallest absolute Gasteiger partial charge is 0.307 e. The molecule has 5 nitrogen and oxygen atoms in total. The van der Waals surface area contributed by atoms with Crippen LogP contribution in [0.25, 0.3) is 0 Å². The minimum atomic E-state index is -0.891. The van der Waals surface area contributed by atoms with Crippen LogP contribution in [0.2, 0.25) is 0 Å². The molecule has 0 unspecified atom stereocenters. The number of ether oxygens (including phenoxy) is 1. The summed E-state index contributed by atoms with van der Waals surface area (Å²) in [6.07, 6.45) is -0.0604. The maximum Gasteiger partial charge on any atom is 0.307 e. The average molecular weight is 485 g/mol. The second kappa shape index (κ2) is 9.19. The maximum absolute atomic E-state index is 11.8. The van der Waals surface area contributed by atoms with E-state index in [9.17, 15) is 9.59 Å². The lowest BCUT2D eigenvalue weighted by molar-refractivity contribution is -0.136. The molecule has 0 aliphatic carbocycles. The normalized spacial score (nSPS) is 10.7. The predicted octanol–water partition coefficient (Wildman–Crippen LogP) is 5.01. The zero-order valence-electron chi connectivity index (χ0n) is 14.4. The molecule has 2 aromatic rings. The first-order valence-corrected chi connectivity index (χ1v) is 9.57. The molecule has 0 aliphatic rings. The Balaban J connectivity index is 2.09. The van der Waals surface area contributed by atoms with Gasteiger partial charge >= 0.3 is 5.97 Å². The summed E-state index contributed by atoms with van der Waals surface area (Å²) in [5.74, 6) is -0.429. The quantitative estimate of drug-likeness (QED) is 0.579. The van der Waals surface area contributed by atoms with Crippen molar-refractivity contribution in [3.63, 3.8) is 0 Å². The van der Waals surface area contributed by atoms with Gasteiger partial charge in [0.2, 0.25) is 5.91 Å². The molecule has 2 aromatic carbocycles. The number of hydrogen-bond acceptors (Lipinski definition) is 3. The number of carbonyl (C=O) groups excluding carboxylic acids is 1. The van der Waals surface area contributed by atoms with Gasteiger partial charge < -0.3 is 15.2 Å². The van der Waals surface area contributed by atoms with Crippen LogP contribution in [-0.2, 0) is 22.6 Å². The molecule has 0 heterocycles. The minimum Gasteiger partial charge on any atom is -0.487 e. The van der Waals surface area contributed by atoms with Crippen molar-refractivity contribution in [1.82, 2.24) is 0 Å². The number of benzene rings is 2. The molecule has 138 valence electrons. The van der Waals surface area contributed by atoms with Gasteiger partial charge in [-0.05, 0) is 67.3 Å². The van der Waals surface area contributed by atoms with Crippen molar-refractivity contribution in [2.75, 3.05) is 5.32 Å². The average Bonchev–Trinajstić information content (AvgIpc) is 2.53. The summed E-state index contributed by atoms with van der Waals surface area (Å²) in [7, 11) is 0.